The molecule has 27 heavy (non-hydrogen) atoms. The predicted octanol–water partition coefficient (Wildman–Crippen LogP) is 1.81. The van der Waals surface area contributed by atoms with Crippen molar-refractivity contribution >= 4 is 11.6 Å². The summed E-state index contributed by atoms with van der Waals surface area (Å²) in [5, 5.41) is 0. The van der Waals surface area contributed by atoms with E-state index in [-0.39, 0.29) is 0 Å². The molecular weight excluding hydrogens is 336 g/mol. The summed E-state index contributed by atoms with van der Waals surface area (Å²) < 4.78 is 0. The Morgan fingerprint density at radius 1 is 0.593 bits per heavy atom. The molecule has 0 atom stereocenters. The number of aromatic nitrogens is 2. The first-order chi connectivity index (χ1) is 13.4. The molecule has 0 amide bonds. The van der Waals surface area contributed by atoms with Crippen molar-refractivity contribution in [2.45, 2.75) is 6.42 Å². The van der Waals surface area contributed by atoms with Gasteiger partial charge >= 0.3 is 0 Å². The van der Waals surface area contributed by atoms with Crippen molar-refractivity contribution < 1.29 is 0 Å². The monoisotopic (exact) mass is 366 g/mol. The van der Waals surface area contributed by atoms with E-state index in [1.54, 1.807) is 0 Å². The van der Waals surface area contributed by atoms with Gasteiger partial charge in [-0.15, -0.1) is 0 Å². The number of rotatable bonds is 6. The van der Waals surface area contributed by atoms with E-state index in [9.17, 15) is 0 Å². The van der Waals surface area contributed by atoms with Gasteiger partial charge < -0.3 is 9.80 Å². The zero-order valence-electron chi connectivity index (χ0n) is 16.1. The molecule has 2 saturated heterocycles. The number of piperazine rings is 2. The molecule has 6 nitrogen and oxygen atoms in total. The molecule has 4 rings (SSSR count). The molecule has 144 valence electrons. The average Bonchev–Trinajstić information content (AvgIpc) is 2.76. The van der Waals surface area contributed by atoms with Crippen molar-refractivity contribution in [3.05, 3.63) is 48.8 Å². The summed E-state index contributed by atoms with van der Waals surface area (Å²) in [5.41, 5.74) is 0. The van der Waals surface area contributed by atoms with Crippen LogP contribution in [0.5, 0.6) is 0 Å². The highest BCUT2D eigenvalue weighted by atomic mass is 15.3. The lowest BCUT2D eigenvalue weighted by Gasteiger charge is -2.37. The van der Waals surface area contributed by atoms with E-state index in [0.717, 1.165) is 64.0 Å². The molecule has 0 aliphatic carbocycles. The average molecular weight is 367 g/mol. The van der Waals surface area contributed by atoms with E-state index in [1.165, 1.54) is 19.5 Å². The van der Waals surface area contributed by atoms with Gasteiger partial charge in [-0.05, 0) is 43.8 Å². The second-order valence-electron chi connectivity index (χ2n) is 7.39. The van der Waals surface area contributed by atoms with E-state index >= 15 is 0 Å². The Hall–Kier alpha value is -2.18. The zero-order valence-corrected chi connectivity index (χ0v) is 16.1. The fraction of sp³-hybridized carbons (Fsp3) is 0.524. The third kappa shape index (κ3) is 4.96. The summed E-state index contributed by atoms with van der Waals surface area (Å²) in [6.07, 6.45) is 5.03. The molecule has 0 spiro atoms. The fourth-order valence-corrected chi connectivity index (χ4v) is 4.00. The van der Waals surface area contributed by atoms with E-state index in [0.29, 0.717) is 0 Å². The van der Waals surface area contributed by atoms with Crippen molar-refractivity contribution in [1.29, 1.82) is 0 Å². The largest absolute Gasteiger partial charge is 0.354 e. The lowest BCUT2D eigenvalue weighted by molar-refractivity contribution is 0.212. The SMILES string of the molecule is c1ccc(N2CCN(CCCN3CCN(c4ccccn4)CC3)CC2)nc1. The van der Waals surface area contributed by atoms with E-state index in [2.05, 4.69) is 53.8 Å². The Bertz CT molecular complexity index is 604. The van der Waals surface area contributed by atoms with Gasteiger partial charge in [-0.1, -0.05) is 12.1 Å². The maximum atomic E-state index is 4.47. The third-order valence-electron chi connectivity index (χ3n) is 5.64. The van der Waals surface area contributed by atoms with Gasteiger partial charge in [0.15, 0.2) is 0 Å². The highest BCUT2D eigenvalue weighted by Gasteiger charge is 2.19. The Morgan fingerprint density at radius 3 is 1.41 bits per heavy atom. The maximum Gasteiger partial charge on any atom is 0.128 e. The van der Waals surface area contributed by atoms with Crippen LogP contribution in [-0.4, -0.2) is 85.2 Å². The van der Waals surface area contributed by atoms with Gasteiger partial charge in [-0.25, -0.2) is 9.97 Å². The molecule has 0 radical (unpaired) electrons. The summed E-state index contributed by atoms with van der Waals surface area (Å²) in [6, 6.07) is 12.3. The maximum absolute atomic E-state index is 4.47. The second kappa shape index (κ2) is 9.15. The summed E-state index contributed by atoms with van der Waals surface area (Å²) in [7, 11) is 0. The van der Waals surface area contributed by atoms with Crippen molar-refractivity contribution in [2.75, 3.05) is 75.2 Å². The van der Waals surface area contributed by atoms with Gasteiger partial charge in [-0.2, -0.15) is 0 Å². The molecule has 2 aliphatic heterocycles. The van der Waals surface area contributed by atoms with Crippen LogP contribution in [0.1, 0.15) is 6.42 Å². The third-order valence-corrected chi connectivity index (χ3v) is 5.64. The molecular formula is C21H30N6. The standard InChI is InChI=1S/C21H30N6/c1-3-8-22-20(6-1)26-16-12-24(13-17-26)10-5-11-25-14-18-27(19-15-25)21-7-2-4-9-23-21/h1-4,6-9H,5,10-19H2. The smallest absolute Gasteiger partial charge is 0.128 e. The first kappa shape index (κ1) is 18.2. The molecule has 0 bridgehead atoms. The summed E-state index contributed by atoms with van der Waals surface area (Å²) in [4.78, 5) is 18.9. The first-order valence-electron chi connectivity index (χ1n) is 10.2. The molecule has 4 heterocycles. The van der Waals surface area contributed by atoms with Crippen LogP contribution in [0.3, 0.4) is 0 Å². The molecule has 2 aliphatic rings. The molecule has 0 N–H and O–H groups in total. The summed E-state index contributed by atoms with van der Waals surface area (Å²) in [5.74, 6) is 2.23. The fourth-order valence-electron chi connectivity index (χ4n) is 4.00. The van der Waals surface area contributed by atoms with Crippen LogP contribution in [0.25, 0.3) is 0 Å². The van der Waals surface area contributed by atoms with Crippen LogP contribution < -0.4 is 9.80 Å². The van der Waals surface area contributed by atoms with Gasteiger partial charge in [0.25, 0.3) is 0 Å². The lowest BCUT2D eigenvalue weighted by atomic mass is 10.2. The van der Waals surface area contributed by atoms with Crippen molar-refractivity contribution in [3.8, 4) is 0 Å². The van der Waals surface area contributed by atoms with Crippen LogP contribution in [-0.2, 0) is 0 Å². The van der Waals surface area contributed by atoms with E-state index in [1.807, 2.05) is 24.5 Å². The molecule has 0 saturated carbocycles. The Balaban J connectivity index is 1.12. The van der Waals surface area contributed by atoms with Crippen LogP contribution in [0.2, 0.25) is 0 Å². The molecule has 0 aromatic carbocycles. The highest BCUT2D eigenvalue weighted by Crippen LogP contribution is 2.14. The van der Waals surface area contributed by atoms with E-state index in [4.69, 9.17) is 0 Å². The number of nitrogens with zero attached hydrogens (tertiary/aromatic N) is 6. The highest BCUT2D eigenvalue weighted by molar-refractivity contribution is 5.38. The Kier molecular flexibility index (Phi) is 6.17. The molecule has 2 aromatic heterocycles. The van der Waals surface area contributed by atoms with Crippen molar-refractivity contribution in [1.82, 2.24) is 19.8 Å². The molecule has 2 aromatic rings. The van der Waals surface area contributed by atoms with Gasteiger partial charge in [0, 0.05) is 64.8 Å². The van der Waals surface area contributed by atoms with Crippen molar-refractivity contribution in [3.63, 3.8) is 0 Å². The van der Waals surface area contributed by atoms with Crippen LogP contribution >= 0.6 is 0 Å². The van der Waals surface area contributed by atoms with Gasteiger partial charge in [-0.3, -0.25) is 9.80 Å². The molecule has 2 fully saturated rings. The van der Waals surface area contributed by atoms with Gasteiger partial charge in [0.2, 0.25) is 0 Å². The first-order valence-corrected chi connectivity index (χ1v) is 10.2. The predicted molar refractivity (Wildman–Crippen MR) is 110 cm³/mol. The number of anilines is 2. The van der Waals surface area contributed by atoms with Crippen LogP contribution in [0, 0.1) is 0 Å². The van der Waals surface area contributed by atoms with Crippen molar-refractivity contribution in [2.24, 2.45) is 0 Å². The second-order valence-corrected chi connectivity index (χ2v) is 7.39. The topological polar surface area (TPSA) is 38.7 Å². The molecule has 0 unspecified atom stereocenters. The van der Waals surface area contributed by atoms with Crippen LogP contribution in [0.4, 0.5) is 11.6 Å². The minimum Gasteiger partial charge on any atom is -0.354 e. The van der Waals surface area contributed by atoms with Crippen LogP contribution in [0.15, 0.2) is 48.8 Å². The van der Waals surface area contributed by atoms with E-state index < -0.39 is 0 Å². The number of hydrogen-bond acceptors (Lipinski definition) is 6. The summed E-state index contributed by atoms with van der Waals surface area (Å²) >= 11 is 0. The minimum absolute atomic E-state index is 1.08. The van der Waals surface area contributed by atoms with Gasteiger partial charge in [0.1, 0.15) is 11.6 Å². The number of hydrogen-bond donors (Lipinski definition) is 0. The zero-order chi connectivity index (χ0) is 18.3. The van der Waals surface area contributed by atoms with Gasteiger partial charge in [0.05, 0.1) is 0 Å². The normalized spacial score (nSPS) is 19.4. The molecule has 6 heteroatoms. The Labute approximate surface area is 162 Å². The quantitative estimate of drug-likeness (QED) is 0.776. The number of pyridine rings is 2. The minimum atomic E-state index is 1.08. The Morgan fingerprint density at radius 2 is 1.04 bits per heavy atom. The summed E-state index contributed by atoms with van der Waals surface area (Å²) in [6.45, 7) is 11.3. The lowest BCUT2D eigenvalue weighted by Crippen LogP contribution is -2.49.